The normalized spacial score (nSPS) is 18.1. The SMILES string of the molecule is CO/N=C(/C)c1cccc(-c2ccc3oc(CCN4CCC[C@H]4C)cc3c2)c1. The largest absolute Gasteiger partial charge is 0.461 e. The Morgan fingerprint density at radius 3 is 2.82 bits per heavy atom. The highest BCUT2D eigenvalue weighted by Gasteiger charge is 2.20. The molecule has 4 heteroatoms. The Kier molecular flexibility index (Phi) is 5.49. The molecule has 1 atom stereocenters. The summed E-state index contributed by atoms with van der Waals surface area (Å²) in [5.41, 5.74) is 5.24. The van der Waals surface area contributed by atoms with Crippen LogP contribution in [0.4, 0.5) is 0 Å². The topological polar surface area (TPSA) is 38.0 Å². The fraction of sp³-hybridized carbons (Fsp3) is 0.375. The van der Waals surface area contributed by atoms with E-state index in [1.54, 1.807) is 7.11 Å². The van der Waals surface area contributed by atoms with Crippen LogP contribution in [0.3, 0.4) is 0 Å². The zero-order valence-electron chi connectivity index (χ0n) is 16.9. The fourth-order valence-corrected chi connectivity index (χ4v) is 4.09. The van der Waals surface area contributed by atoms with E-state index >= 15 is 0 Å². The van der Waals surface area contributed by atoms with Gasteiger partial charge in [0.25, 0.3) is 0 Å². The molecule has 3 aromatic rings. The average molecular weight is 377 g/mol. The van der Waals surface area contributed by atoms with Crippen molar-refractivity contribution in [1.29, 1.82) is 0 Å². The highest BCUT2D eigenvalue weighted by molar-refractivity contribution is 5.99. The second-order valence-corrected chi connectivity index (χ2v) is 7.68. The molecule has 0 radical (unpaired) electrons. The first-order chi connectivity index (χ1) is 13.6. The van der Waals surface area contributed by atoms with Crippen molar-refractivity contribution in [2.45, 2.75) is 39.2 Å². The van der Waals surface area contributed by atoms with E-state index in [0.29, 0.717) is 6.04 Å². The Morgan fingerprint density at radius 2 is 2.04 bits per heavy atom. The lowest BCUT2D eigenvalue weighted by Crippen LogP contribution is -2.28. The van der Waals surface area contributed by atoms with Crippen LogP contribution in [0, 0.1) is 0 Å². The van der Waals surface area contributed by atoms with Crippen LogP contribution in [0.25, 0.3) is 22.1 Å². The molecule has 2 aromatic carbocycles. The number of fused-ring (bicyclic) bond motifs is 1. The number of rotatable bonds is 6. The molecule has 28 heavy (non-hydrogen) atoms. The Labute approximate surface area is 166 Å². The summed E-state index contributed by atoms with van der Waals surface area (Å²) in [4.78, 5) is 7.47. The molecule has 0 aliphatic carbocycles. The summed E-state index contributed by atoms with van der Waals surface area (Å²) in [6, 6.07) is 17.7. The lowest BCUT2D eigenvalue weighted by molar-refractivity contribution is 0.213. The third kappa shape index (κ3) is 3.97. The Bertz CT molecular complexity index is 989. The van der Waals surface area contributed by atoms with Crippen LogP contribution in [0.1, 0.15) is 38.0 Å². The molecule has 1 aliphatic rings. The maximum absolute atomic E-state index is 6.09. The average Bonchev–Trinajstić information content (AvgIpc) is 3.31. The summed E-state index contributed by atoms with van der Waals surface area (Å²) >= 11 is 0. The van der Waals surface area contributed by atoms with E-state index < -0.39 is 0 Å². The first-order valence-corrected chi connectivity index (χ1v) is 10.1. The monoisotopic (exact) mass is 376 g/mol. The molecular weight excluding hydrogens is 348 g/mol. The highest BCUT2D eigenvalue weighted by Crippen LogP contribution is 2.28. The van der Waals surface area contributed by atoms with Crippen LogP contribution in [0.15, 0.2) is 58.1 Å². The van der Waals surface area contributed by atoms with E-state index in [0.717, 1.165) is 41.0 Å². The van der Waals surface area contributed by atoms with Crippen molar-refractivity contribution in [3.63, 3.8) is 0 Å². The number of hydrogen-bond donors (Lipinski definition) is 0. The van der Waals surface area contributed by atoms with Gasteiger partial charge in [0.15, 0.2) is 0 Å². The molecule has 4 rings (SSSR count). The van der Waals surface area contributed by atoms with Crippen LogP contribution < -0.4 is 0 Å². The second kappa shape index (κ2) is 8.19. The van der Waals surface area contributed by atoms with Gasteiger partial charge in [0.05, 0.1) is 5.71 Å². The van der Waals surface area contributed by atoms with Crippen molar-refractivity contribution < 1.29 is 9.25 Å². The number of hydrogen-bond acceptors (Lipinski definition) is 4. The molecule has 0 amide bonds. The minimum absolute atomic E-state index is 0.702. The maximum Gasteiger partial charge on any atom is 0.134 e. The zero-order valence-corrected chi connectivity index (χ0v) is 16.9. The second-order valence-electron chi connectivity index (χ2n) is 7.68. The summed E-state index contributed by atoms with van der Waals surface area (Å²) in [5.74, 6) is 1.07. The molecule has 1 fully saturated rings. The molecule has 4 nitrogen and oxygen atoms in total. The van der Waals surface area contributed by atoms with Crippen molar-refractivity contribution in [3.05, 3.63) is 59.9 Å². The van der Waals surface area contributed by atoms with E-state index in [4.69, 9.17) is 9.25 Å². The number of furan rings is 1. The van der Waals surface area contributed by atoms with Gasteiger partial charge in [0.1, 0.15) is 18.5 Å². The Hall–Kier alpha value is -2.59. The lowest BCUT2D eigenvalue weighted by atomic mass is 10.0. The van der Waals surface area contributed by atoms with Crippen molar-refractivity contribution in [1.82, 2.24) is 4.90 Å². The van der Waals surface area contributed by atoms with Gasteiger partial charge >= 0.3 is 0 Å². The molecule has 146 valence electrons. The van der Waals surface area contributed by atoms with Gasteiger partial charge in [-0.25, -0.2) is 0 Å². The molecule has 1 saturated heterocycles. The van der Waals surface area contributed by atoms with Gasteiger partial charge in [0, 0.05) is 24.4 Å². The van der Waals surface area contributed by atoms with Gasteiger partial charge in [-0.1, -0.05) is 29.4 Å². The van der Waals surface area contributed by atoms with Gasteiger partial charge < -0.3 is 14.2 Å². The minimum Gasteiger partial charge on any atom is -0.461 e. The fourth-order valence-electron chi connectivity index (χ4n) is 4.09. The summed E-state index contributed by atoms with van der Waals surface area (Å²) in [7, 11) is 1.57. The number of likely N-dealkylation sites (tertiary alicyclic amines) is 1. The Balaban J connectivity index is 1.55. The first kappa shape index (κ1) is 18.8. The molecule has 0 saturated carbocycles. The van der Waals surface area contributed by atoms with Gasteiger partial charge in [-0.2, -0.15) is 0 Å². The minimum atomic E-state index is 0.702. The number of benzene rings is 2. The van der Waals surface area contributed by atoms with Crippen molar-refractivity contribution in [3.8, 4) is 11.1 Å². The summed E-state index contributed by atoms with van der Waals surface area (Å²) < 4.78 is 6.09. The van der Waals surface area contributed by atoms with E-state index in [9.17, 15) is 0 Å². The predicted octanol–water partition coefficient (Wildman–Crippen LogP) is 5.50. The molecule has 2 heterocycles. The van der Waals surface area contributed by atoms with Gasteiger partial charge in [-0.3, -0.25) is 0 Å². The standard InChI is InChI=1S/C24H28N2O2/c1-17-6-5-12-26(17)13-11-23-16-22-15-21(9-10-24(22)28-23)20-8-4-7-19(14-20)18(2)25-27-3/h4,7-10,14-17H,5-6,11-13H2,1-3H3/b25-18-/t17-/m1/s1. The smallest absolute Gasteiger partial charge is 0.134 e. The van der Waals surface area contributed by atoms with Gasteiger partial charge in [-0.05, 0) is 74.2 Å². The molecular formula is C24H28N2O2. The lowest BCUT2D eigenvalue weighted by Gasteiger charge is -2.19. The van der Waals surface area contributed by atoms with Gasteiger partial charge in [0.2, 0.25) is 0 Å². The van der Waals surface area contributed by atoms with E-state index in [1.165, 1.54) is 30.5 Å². The predicted molar refractivity (Wildman–Crippen MR) is 115 cm³/mol. The summed E-state index contributed by atoms with van der Waals surface area (Å²) in [6.07, 6.45) is 3.60. The third-order valence-corrected chi connectivity index (χ3v) is 5.75. The number of nitrogens with zero attached hydrogens (tertiary/aromatic N) is 2. The molecule has 0 N–H and O–H groups in total. The number of oxime groups is 1. The summed E-state index contributed by atoms with van der Waals surface area (Å²) in [6.45, 7) is 6.57. The third-order valence-electron chi connectivity index (χ3n) is 5.75. The maximum atomic E-state index is 6.09. The Morgan fingerprint density at radius 1 is 1.18 bits per heavy atom. The van der Waals surface area contributed by atoms with Crippen LogP contribution in [0.5, 0.6) is 0 Å². The van der Waals surface area contributed by atoms with Crippen molar-refractivity contribution in [2.24, 2.45) is 5.16 Å². The van der Waals surface area contributed by atoms with Crippen LogP contribution in [-0.4, -0.2) is 36.9 Å². The molecule has 1 aromatic heterocycles. The van der Waals surface area contributed by atoms with Crippen molar-refractivity contribution >= 4 is 16.7 Å². The van der Waals surface area contributed by atoms with E-state index in [-0.39, 0.29) is 0 Å². The zero-order chi connectivity index (χ0) is 19.5. The quantitative estimate of drug-likeness (QED) is 0.421. The molecule has 0 unspecified atom stereocenters. The van der Waals surface area contributed by atoms with Crippen LogP contribution >= 0.6 is 0 Å². The molecule has 1 aliphatic heterocycles. The van der Waals surface area contributed by atoms with Gasteiger partial charge in [-0.15, -0.1) is 0 Å². The van der Waals surface area contributed by atoms with E-state index in [1.807, 2.05) is 6.92 Å². The van der Waals surface area contributed by atoms with Crippen molar-refractivity contribution in [2.75, 3.05) is 20.2 Å². The van der Waals surface area contributed by atoms with E-state index in [2.05, 4.69) is 65.5 Å². The molecule has 0 bridgehead atoms. The first-order valence-electron chi connectivity index (χ1n) is 10.1. The summed E-state index contributed by atoms with van der Waals surface area (Å²) in [5, 5.41) is 5.20. The molecule has 0 spiro atoms. The highest BCUT2D eigenvalue weighted by atomic mass is 16.6. The van der Waals surface area contributed by atoms with Crippen LogP contribution in [-0.2, 0) is 11.3 Å². The van der Waals surface area contributed by atoms with Crippen LogP contribution in [0.2, 0.25) is 0 Å².